The number of aliphatic hydroxyl groups is 3. The SMILES string of the molecule is CCCCC/C=C\C[C@@H](O)/C=C/C=C/C=C\[C@@H](O)CCCC(=O)OC[C@@H](O)COC(=O)CCCCCCCCCCCCCC(C)C. The lowest BCUT2D eigenvalue weighted by molar-refractivity contribution is -0.152. The van der Waals surface area contributed by atoms with Gasteiger partial charge in [-0.15, -0.1) is 0 Å². The van der Waals surface area contributed by atoms with Crippen molar-refractivity contribution in [3.63, 3.8) is 0 Å². The second-order valence-corrected chi connectivity index (χ2v) is 13.2. The third-order valence-corrected chi connectivity index (χ3v) is 7.94. The van der Waals surface area contributed by atoms with Crippen LogP contribution in [0.1, 0.15) is 156 Å². The number of carbonyl (C=O) groups excluding carboxylic acids is 2. The first-order valence-electron chi connectivity index (χ1n) is 18.8. The molecule has 47 heavy (non-hydrogen) atoms. The molecule has 0 radical (unpaired) electrons. The van der Waals surface area contributed by atoms with Crippen LogP contribution in [0.2, 0.25) is 0 Å². The van der Waals surface area contributed by atoms with Crippen molar-refractivity contribution >= 4 is 11.9 Å². The summed E-state index contributed by atoms with van der Waals surface area (Å²) in [5.41, 5.74) is 0. The smallest absolute Gasteiger partial charge is 0.305 e. The average Bonchev–Trinajstić information content (AvgIpc) is 3.04. The highest BCUT2D eigenvalue weighted by Crippen LogP contribution is 2.14. The summed E-state index contributed by atoms with van der Waals surface area (Å²) in [5, 5.41) is 30.0. The molecular formula is C40H70O7. The minimum Gasteiger partial charge on any atom is -0.463 e. The Hall–Kier alpha value is -2.22. The Bertz CT molecular complexity index is 846. The zero-order chi connectivity index (χ0) is 34.8. The highest BCUT2D eigenvalue weighted by atomic mass is 16.6. The summed E-state index contributed by atoms with van der Waals surface area (Å²) >= 11 is 0. The fourth-order valence-corrected chi connectivity index (χ4v) is 4.99. The lowest BCUT2D eigenvalue weighted by Gasteiger charge is -2.12. The van der Waals surface area contributed by atoms with Crippen molar-refractivity contribution in [3.05, 3.63) is 48.6 Å². The van der Waals surface area contributed by atoms with Gasteiger partial charge in [-0.2, -0.15) is 0 Å². The van der Waals surface area contributed by atoms with Crippen LogP contribution in [0.25, 0.3) is 0 Å². The zero-order valence-corrected chi connectivity index (χ0v) is 30.2. The van der Waals surface area contributed by atoms with Gasteiger partial charge in [-0.05, 0) is 44.4 Å². The molecule has 272 valence electrons. The van der Waals surface area contributed by atoms with E-state index in [-0.39, 0.29) is 25.6 Å². The van der Waals surface area contributed by atoms with Crippen LogP contribution in [0, 0.1) is 5.92 Å². The van der Waals surface area contributed by atoms with E-state index in [9.17, 15) is 24.9 Å². The molecule has 0 saturated heterocycles. The Kier molecular flexibility index (Phi) is 32.1. The fourth-order valence-electron chi connectivity index (χ4n) is 4.99. The fraction of sp³-hybridized carbons (Fsp3) is 0.750. The van der Waals surface area contributed by atoms with E-state index in [1.54, 1.807) is 36.5 Å². The van der Waals surface area contributed by atoms with Gasteiger partial charge >= 0.3 is 11.9 Å². The quantitative estimate of drug-likeness (QED) is 0.0285. The molecule has 0 rings (SSSR count). The first-order valence-corrected chi connectivity index (χ1v) is 18.8. The third kappa shape index (κ3) is 34.9. The standard InChI is InChI=1S/C40H70O7/c1-4-5-6-7-16-21-27-36(41)28-22-18-19-23-29-37(42)30-25-32-40(45)47-34-38(43)33-46-39(44)31-24-17-14-12-10-8-9-11-13-15-20-26-35(2)3/h16,18-19,21-23,28-29,35-38,41-43H,4-15,17,20,24-27,30-34H2,1-3H3/b19-18+,21-16-,28-22+,29-23-/t36-,37-,38+/m1/s1. The first kappa shape index (κ1) is 44.8. The van der Waals surface area contributed by atoms with Crippen molar-refractivity contribution in [2.75, 3.05) is 13.2 Å². The Morgan fingerprint density at radius 1 is 0.574 bits per heavy atom. The molecule has 0 fully saturated rings. The molecule has 0 amide bonds. The first-order chi connectivity index (χ1) is 22.7. The number of rotatable bonds is 32. The van der Waals surface area contributed by atoms with E-state index in [1.807, 2.05) is 6.08 Å². The Balaban J connectivity index is 3.73. The number of aliphatic hydroxyl groups excluding tert-OH is 3. The van der Waals surface area contributed by atoms with Gasteiger partial charge < -0.3 is 24.8 Å². The van der Waals surface area contributed by atoms with Gasteiger partial charge in [0.05, 0.1) is 12.2 Å². The van der Waals surface area contributed by atoms with Crippen LogP contribution >= 0.6 is 0 Å². The number of esters is 2. The van der Waals surface area contributed by atoms with Crippen LogP contribution in [0.15, 0.2) is 48.6 Å². The minimum absolute atomic E-state index is 0.124. The molecule has 0 aliphatic heterocycles. The molecule has 0 saturated carbocycles. The van der Waals surface area contributed by atoms with E-state index < -0.39 is 24.3 Å². The minimum atomic E-state index is -1.06. The van der Waals surface area contributed by atoms with E-state index in [2.05, 4.69) is 26.8 Å². The normalized spacial score (nSPS) is 14.2. The van der Waals surface area contributed by atoms with Crippen molar-refractivity contribution < 1.29 is 34.4 Å². The molecule has 0 spiro atoms. The zero-order valence-electron chi connectivity index (χ0n) is 30.2. The summed E-state index contributed by atoms with van der Waals surface area (Å²) in [6.45, 7) is 6.34. The topological polar surface area (TPSA) is 113 Å². The van der Waals surface area contributed by atoms with Gasteiger partial charge in [0.2, 0.25) is 0 Å². The maximum atomic E-state index is 12.0. The summed E-state index contributed by atoms with van der Waals surface area (Å²) in [7, 11) is 0. The monoisotopic (exact) mass is 663 g/mol. The lowest BCUT2D eigenvalue weighted by Crippen LogP contribution is -2.25. The largest absolute Gasteiger partial charge is 0.463 e. The number of hydrogen-bond donors (Lipinski definition) is 3. The summed E-state index contributed by atoms with van der Waals surface area (Å²) in [6.07, 6.45) is 33.7. The summed E-state index contributed by atoms with van der Waals surface area (Å²) < 4.78 is 10.2. The van der Waals surface area contributed by atoms with Crippen molar-refractivity contribution in [1.29, 1.82) is 0 Å². The van der Waals surface area contributed by atoms with Crippen LogP contribution in [0.5, 0.6) is 0 Å². The van der Waals surface area contributed by atoms with Crippen molar-refractivity contribution in [2.45, 2.75) is 174 Å². The van der Waals surface area contributed by atoms with Gasteiger partial charge in [0.25, 0.3) is 0 Å². The molecule has 0 bridgehead atoms. The Morgan fingerprint density at radius 3 is 1.64 bits per heavy atom. The Labute approximate surface area is 287 Å². The number of hydrogen-bond acceptors (Lipinski definition) is 7. The lowest BCUT2D eigenvalue weighted by atomic mass is 10.0. The molecule has 0 aliphatic rings. The number of carbonyl (C=O) groups is 2. The maximum absolute atomic E-state index is 12.0. The molecule has 0 heterocycles. The van der Waals surface area contributed by atoms with Crippen molar-refractivity contribution in [2.24, 2.45) is 5.92 Å². The molecule has 0 aromatic heterocycles. The highest BCUT2D eigenvalue weighted by Gasteiger charge is 2.12. The molecule has 7 heteroatoms. The van der Waals surface area contributed by atoms with Crippen molar-refractivity contribution in [3.8, 4) is 0 Å². The summed E-state index contributed by atoms with van der Waals surface area (Å²) in [6, 6.07) is 0. The molecule has 0 unspecified atom stereocenters. The predicted molar refractivity (Wildman–Crippen MR) is 194 cm³/mol. The summed E-state index contributed by atoms with van der Waals surface area (Å²) in [5.74, 6) is 0.0216. The molecule has 0 aliphatic carbocycles. The average molecular weight is 663 g/mol. The number of allylic oxidation sites excluding steroid dienone is 5. The van der Waals surface area contributed by atoms with Gasteiger partial charge in [-0.25, -0.2) is 0 Å². The van der Waals surface area contributed by atoms with E-state index in [1.165, 1.54) is 77.0 Å². The Morgan fingerprint density at radius 2 is 1.09 bits per heavy atom. The second kappa shape index (κ2) is 33.7. The molecule has 3 N–H and O–H groups in total. The van der Waals surface area contributed by atoms with Crippen LogP contribution in [0.4, 0.5) is 0 Å². The van der Waals surface area contributed by atoms with Crippen LogP contribution < -0.4 is 0 Å². The van der Waals surface area contributed by atoms with Crippen LogP contribution in [-0.4, -0.2) is 58.8 Å². The van der Waals surface area contributed by atoms with E-state index in [0.717, 1.165) is 31.6 Å². The predicted octanol–water partition coefficient (Wildman–Crippen LogP) is 9.25. The van der Waals surface area contributed by atoms with E-state index in [4.69, 9.17) is 9.47 Å². The van der Waals surface area contributed by atoms with Crippen LogP contribution in [-0.2, 0) is 19.1 Å². The van der Waals surface area contributed by atoms with Crippen LogP contribution in [0.3, 0.4) is 0 Å². The maximum Gasteiger partial charge on any atom is 0.305 e. The molecular weight excluding hydrogens is 592 g/mol. The van der Waals surface area contributed by atoms with E-state index >= 15 is 0 Å². The third-order valence-electron chi connectivity index (χ3n) is 7.94. The number of unbranched alkanes of at least 4 members (excludes halogenated alkanes) is 13. The molecule has 0 aromatic carbocycles. The molecule has 0 aromatic rings. The van der Waals surface area contributed by atoms with Gasteiger partial charge in [-0.1, -0.05) is 153 Å². The van der Waals surface area contributed by atoms with Gasteiger partial charge in [0.1, 0.15) is 19.3 Å². The van der Waals surface area contributed by atoms with Gasteiger partial charge in [0, 0.05) is 12.8 Å². The van der Waals surface area contributed by atoms with Gasteiger partial charge in [0.15, 0.2) is 0 Å². The summed E-state index contributed by atoms with van der Waals surface area (Å²) in [4.78, 5) is 23.9. The number of ether oxygens (including phenoxy) is 2. The second-order valence-electron chi connectivity index (χ2n) is 13.2. The molecule has 3 atom stereocenters. The van der Waals surface area contributed by atoms with E-state index in [0.29, 0.717) is 25.7 Å². The van der Waals surface area contributed by atoms with Gasteiger partial charge in [-0.3, -0.25) is 9.59 Å². The molecule has 7 nitrogen and oxygen atoms in total. The highest BCUT2D eigenvalue weighted by molar-refractivity contribution is 5.69. The van der Waals surface area contributed by atoms with Crippen molar-refractivity contribution in [1.82, 2.24) is 0 Å².